The van der Waals surface area contributed by atoms with Crippen LogP contribution in [0.4, 0.5) is 0 Å². The summed E-state index contributed by atoms with van der Waals surface area (Å²) in [6, 6.07) is 0. The Morgan fingerprint density at radius 1 is 1.50 bits per heavy atom. The smallest absolute Gasteiger partial charge is 0.307 e. The molecule has 16 heavy (non-hydrogen) atoms. The lowest BCUT2D eigenvalue weighted by Crippen LogP contribution is -2.33. The van der Waals surface area contributed by atoms with E-state index in [1.807, 2.05) is 20.8 Å². The molecule has 0 aromatic carbocycles. The summed E-state index contributed by atoms with van der Waals surface area (Å²) >= 11 is 0. The van der Waals surface area contributed by atoms with Gasteiger partial charge in [-0.1, -0.05) is 6.92 Å². The molecule has 0 fully saturated rings. The van der Waals surface area contributed by atoms with E-state index in [-0.39, 0.29) is 36.0 Å². The average Bonchev–Trinajstić information content (AvgIpc) is 2.13. The highest BCUT2D eigenvalue weighted by Crippen LogP contribution is 1.91. The van der Waals surface area contributed by atoms with Crippen molar-refractivity contribution in [2.75, 3.05) is 13.1 Å². The van der Waals surface area contributed by atoms with Crippen LogP contribution < -0.4 is 11.1 Å². The summed E-state index contributed by atoms with van der Waals surface area (Å²) in [5.41, 5.74) is 5.53. The quantitative estimate of drug-likeness (QED) is 0.330. The number of nitrogens with one attached hydrogen (secondary N) is 1. The number of halogens is 1. The maximum atomic E-state index is 11.1. The third-order valence-corrected chi connectivity index (χ3v) is 1.51. The van der Waals surface area contributed by atoms with Crippen molar-refractivity contribution in [3.63, 3.8) is 0 Å². The third kappa shape index (κ3) is 11.5. The molecule has 0 saturated carbocycles. The maximum Gasteiger partial charge on any atom is 0.307 e. The number of nitrogens with zero attached hydrogens (tertiary/aromatic N) is 1. The van der Waals surface area contributed by atoms with E-state index in [1.165, 1.54) is 0 Å². The lowest BCUT2D eigenvalue weighted by molar-refractivity contribution is -0.147. The topological polar surface area (TPSA) is 76.7 Å². The first-order valence-electron chi connectivity index (χ1n) is 5.29. The van der Waals surface area contributed by atoms with Crippen LogP contribution >= 0.6 is 24.0 Å². The first-order chi connectivity index (χ1) is 7.06. The largest absolute Gasteiger partial charge is 0.463 e. The Kier molecular flexibility index (Phi) is 12.2. The van der Waals surface area contributed by atoms with Gasteiger partial charge in [0.1, 0.15) is 0 Å². The van der Waals surface area contributed by atoms with E-state index in [2.05, 4.69) is 10.3 Å². The van der Waals surface area contributed by atoms with Crippen LogP contribution in [0.3, 0.4) is 0 Å². The number of esters is 1. The van der Waals surface area contributed by atoms with Crippen LogP contribution in [0.15, 0.2) is 4.99 Å². The lowest BCUT2D eigenvalue weighted by atomic mass is 10.4. The molecule has 0 aromatic heterocycles. The molecule has 0 aliphatic rings. The third-order valence-electron chi connectivity index (χ3n) is 1.51. The number of carbonyl (C=O) groups excluding carboxylic acids is 1. The molecule has 0 aromatic rings. The molecule has 0 aliphatic carbocycles. The van der Waals surface area contributed by atoms with Crippen molar-refractivity contribution in [3.8, 4) is 0 Å². The second-order valence-corrected chi connectivity index (χ2v) is 3.48. The van der Waals surface area contributed by atoms with E-state index in [4.69, 9.17) is 10.5 Å². The number of hydrogen-bond acceptors (Lipinski definition) is 3. The Hall–Kier alpha value is -0.530. The van der Waals surface area contributed by atoms with Gasteiger partial charge in [-0.15, -0.1) is 24.0 Å². The van der Waals surface area contributed by atoms with Crippen molar-refractivity contribution in [1.82, 2.24) is 5.32 Å². The van der Waals surface area contributed by atoms with E-state index in [0.29, 0.717) is 25.5 Å². The molecule has 0 aliphatic heterocycles. The van der Waals surface area contributed by atoms with Gasteiger partial charge in [0, 0.05) is 13.1 Å². The molecule has 6 heteroatoms. The van der Waals surface area contributed by atoms with Crippen molar-refractivity contribution < 1.29 is 9.53 Å². The number of carbonyl (C=O) groups is 1. The van der Waals surface area contributed by atoms with E-state index in [9.17, 15) is 4.79 Å². The fourth-order valence-corrected chi connectivity index (χ4v) is 0.903. The predicted octanol–water partition coefficient (Wildman–Crippen LogP) is 1.26. The standard InChI is InChI=1S/C10H21N3O2.HI/c1-4-6-12-10(11)13-7-5-9(14)15-8(2)3;/h8H,4-7H2,1-3H3,(H3,11,12,13);1H. The highest BCUT2D eigenvalue weighted by Gasteiger charge is 2.04. The van der Waals surface area contributed by atoms with Crippen LogP contribution in [-0.2, 0) is 9.53 Å². The first kappa shape index (κ1) is 17.9. The molecule has 0 amide bonds. The highest BCUT2D eigenvalue weighted by atomic mass is 127. The number of hydrogen-bond donors (Lipinski definition) is 2. The van der Waals surface area contributed by atoms with Gasteiger partial charge in [0.25, 0.3) is 0 Å². The number of guanidine groups is 1. The van der Waals surface area contributed by atoms with E-state index < -0.39 is 0 Å². The summed E-state index contributed by atoms with van der Waals surface area (Å²) < 4.78 is 4.95. The summed E-state index contributed by atoms with van der Waals surface area (Å²) in [4.78, 5) is 15.1. The fraction of sp³-hybridized carbons (Fsp3) is 0.800. The molecule has 3 N–H and O–H groups in total. The molecule has 0 rings (SSSR count). The molecule has 96 valence electrons. The summed E-state index contributed by atoms with van der Waals surface area (Å²) in [5, 5.41) is 2.85. The minimum Gasteiger partial charge on any atom is -0.463 e. The van der Waals surface area contributed by atoms with Crippen molar-refractivity contribution in [2.24, 2.45) is 10.7 Å². The number of ether oxygens (including phenoxy) is 1. The molecule has 0 atom stereocenters. The molecule has 0 bridgehead atoms. The fourth-order valence-electron chi connectivity index (χ4n) is 0.903. The Bertz CT molecular complexity index is 220. The molecule has 5 nitrogen and oxygen atoms in total. The van der Waals surface area contributed by atoms with Crippen molar-refractivity contribution >= 4 is 35.9 Å². The Morgan fingerprint density at radius 2 is 2.12 bits per heavy atom. The molecule has 0 saturated heterocycles. The van der Waals surface area contributed by atoms with Crippen molar-refractivity contribution in [3.05, 3.63) is 0 Å². The van der Waals surface area contributed by atoms with Crippen LogP contribution in [0.25, 0.3) is 0 Å². The Balaban J connectivity index is 0. The average molecular weight is 343 g/mol. The van der Waals surface area contributed by atoms with E-state index in [1.54, 1.807) is 0 Å². The minimum atomic E-state index is -0.221. The van der Waals surface area contributed by atoms with Crippen LogP contribution in [0.1, 0.15) is 33.6 Å². The monoisotopic (exact) mass is 343 g/mol. The van der Waals surface area contributed by atoms with Crippen LogP contribution in [0.2, 0.25) is 0 Å². The summed E-state index contributed by atoms with van der Waals surface area (Å²) in [7, 11) is 0. The van der Waals surface area contributed by atoms with Gasteiger partial charge < -0.3 is 15.8 Å². The lowest BCUT2D eigenvalue weighted by Gasteiger charge is -2.08. The number of rotatable bonds is 6. The summed E-state index contributed by atoms with van der Waals surface area (Å²) in [5.74, 6) is 0.162. The zero-order valence-electron chi connectivity index (χ0n) is 10.2. The normalized spacial score (nSPS) is 10.9. The van der Waals surface area contributed by atoms with Gasteiger partial charge in [-0.05, 0) is 20.3 Å². The highest BCUT2D eigenvalue weighted by molar-refractivity contribution is 14.0. The maximum absolute atomic E-state index is 11.1. The van der Waals surface area contributed by atoms with Gasteiger partial charge in [0.2, 0.25) is 0 Å². The van der Waals surface area contributed by atoms with Crippen LogP contribution in [-0.4, -0.2) is 31.1 Å². The molecule has 0 unspecified atom stereocenters. The Labute approximate surface area is 114 Å². The SMILES string of the molecule is CCCN=C(N)NCCC(=O)OC(C)C.I. The van der Waals surface area contributed by atoms with Gasteiger partial charge >= 0.3 is 5.97 Å². The summed E-state index contributed by atoms with van der Waals surface area (Å²) in [6.45, 7) is 6.83. The van der Waals surface area contributed by atoms with E-state index >= 15 is 0 Å². The molecular formula is C10H22IN3O2. The van der Waals surface area contributed by atoms with Crippen molar-refractivity contribution in [1.29, 1.82) is 0 Å². The number of nitrogens with two attached hydrogens (primary N) is 1. The van der Waals surface area contributed by atoms with Gasteiger partial charge in [-0.3, -0.25) is 9.79 Å². The molecule has 0 spiro atoms. The molecule has 0 heterocycles. The molecular weight excluding hydrogens is 321 g/mol. The second kappa shape index (κ2) is 11.0. The number of aliphatic imine (C=N–C) groups is 1. The Morgan fingerprint density at radius 3 is 2.62 bits per heavy atom. The van der Waals surface area contributed by atoms with Gasteiger partial charge in [0.05, 0.1) is 12.5 Å². The van der Waals surface area contributed by atoms with Gasteiger partial charge in [-0.2, -0.15) is 0 Å². The molecule has 0 radical (unpaired) electrons. The predicted molar refractivity (Wildman–Crippen MR) is 76.0 cm³/mol. The first-order valence-corrected chi connectivity index (χ1v) is 5.29. The zero-order chi connectivity index (χ0) is 11.7. The van der Waals surface area contributed by atoms with Gasteiger partial charge in [-0.25, -0.2) is 0 Å². The second-order valence-electron chi connectivity index (χ2n) is 3.48. The minimum absolute atomic E-state index is 0. The van der Waals surface area contributed by atoms with Crippen molar-refractivity contribution in [2.45, 2.75) is 39.7 Å². The van der Waals surface area contributed by atoms with Crippen LogP contribution in [0, 0.1) is 0 Å². The summed E-state index contributed by atoms with van der Waals surface area (Å²) in [6.07, 6.45) is 1.20. The van der Waals surface area contributed by atoms with E-state index in [0.717, 1.165) is 6.42 Å². The van der Waals surface area contributed by atoms with Crippen LogP contribution in [0.5, 0.6) is 0 Å². The zero-order valence-corrected chi connectivity index (χ0v) is 12.5. The van der Waals surface area contributed by atoms with Gasteiger partial charge in [0.15, 0.2) is 5.96 Å².